The van der Waals surface area contributed by atoms with Crippen molar-refractivity contribution >= 4 is 11.6 Å². The van der Waals surface area contributed by atoms with Gasteiger partial charge < -0.3 is 10.6 Å². The second-order valence-electron chi connectivity index (χ2n) is 4.66. The summed E-state index contributed by atoms with van der Waals surface area (Å²) >= 11 is 0. The van der Waals surface area contributed by atoms with Crippen molar-refractivity contribution in [3.8, 4) is 0 Å². The van der Waals surface area contributed by atoms with E-state index in [0.29, 0.717) is 5.92 Å². The lowest BCUT2D eigenvalue weighted by Crippen LogP contribution is -2.18. The SMILES string of the molecule is CNc1nc(NC2CCC(C)C2)c(F)cc1F. The molecule has 2 rings (SSSR count). The van der Waals surface area contributed by atoms with Crippen LogP contribution in [0.3, 0.4) is 0 Å². The normalized spacial score (nSPS) is 23.8. The van der Waals surface area contributed by atoms with Gasteiger partial charge in [0.15, 0.2) is 23.3 Å². The molecule has 1 aliphatic rings. The standard InChI is InChI=1S/C12H17F2N3/c1-7-3-4-8(5-7)16-12-10(14)6-9(13)11(15-2)17-12/h6-8H,3-5H2,1-2H3,(H2,15,16,17). The Morgan fingerprint density at radius 3 is 2.53 bits per heavy atom. The van der Waals surface area contributed by atoms with Crippen molar-refractivity contribution in [3.05, 3.63) is 17.7 Å². The predicted octanol–water partition coefficient (Wildman–Crippen LogP) is 3.00. The molecule has 2 unspecified atom stereocenters. The molecule has 0 aromatic carbocycles. The maximum Gasteiger partial charge on any atom is 0.168 e. The molecule has 1 aliphatic carbocycles. The fourth-order valence-corrected chi connectivity index (χ4v) is 2.27. The number of halogens is 2. The van der Waals surface area contributed by atoms with E-state index in [1.54, 1.807) is 7.05 Å². The van der Waals surface area contributed by atoms with Crippen LogP contribution in [0.4, 0.5) is 20.4 Å². The third-order valence-corrected chi connectivity index (χ3v) is 3.20. The molecule has 0 spiro atoms. The summed E-state index contributed by atoms with van der Waals surface area (Å²) in [6.07, 6.45) is 3.15. The lowest BCUT2D eigenvalue weighted by molar-refractivity contribution is 0.572. The Morgan fingerprint density at radius 1 is 1.24 bits per heavy atom. The monoisotopic (exact) mass is 241 g/mol. The quantitative estimate of drug-likeness (QED) is 0.854. The van der Waals surface area contributed by atoms with Crippen molar-refractivity contribution in [2.24, 2.45) is 5.92 Å². The Kier molecular flexibility index (Phi) is 3.45. The third-order valence-electron chi connectivity index (χ3n) is 3.20. The van der Waals surface area contributed by atoms with E-state index < -0.39 is 11.6 Å². The van der Waals surface area contributed by atoms with Crippen LogP contribution in [0.25, 0.3) is 0 Å². The summed E-state index contributed by atoms with van der Waals surface area (Å²) in [5, 5.41) is 5.65. The molecular formula is C12H17F2N3. The van der Waals surface area contributed by atoms with Crippen molar-refractivity contribution in [2.45, 2.75) is 32.2 Å². The van der Waals surface area contributed by atoms with Gasteiger partial charge in [0, 0.05) is 19.2 Å². The number of nitrogens with one attached hydrogen (secondary N) is 2. The molecule has 0 saturated heterocycles. The largest absolute Gasteiger partial charge is 0.371 e. The number of aromatic nitrogens is 1. The van der Waals surface area contributed by atoms with Gasteiger partial charge in [0.25, 0.3) is 0 Å². The van der Waals surface area contributed by atoms with E-state index in [-0.39, 0.29) is 17.7 Å². The molecule has 1 saturated carbocycles. The fourth-order valence-electron chi connectivity index (χ4n) is 2.27. The smallest absolute Gasteiger partial charge is 0.168 e. The highest BCUT2D eigenvalue weighted by Gasteiger charge is 2.23. The molecule has 0 bridgehead atoms. The second-order valence-corrected chi connectivity index (χ2v) is 4.66. The van der Waals surface area contributed by atoms with E-state index in [4.69, 9.17) is 0 Å². The van der Waals surface area contributed by atoms with Crippen LogP contribution in [0.5, 0.6) is 0 Å². The number of hydrogen-bond donors (Lipinski definition) is 2. The third kappa shape index (κ3) is 2.65. The maximum atomic E-state index is 13.5. The first-order chi connectivity index (χ1) is 8.10. The maximum absolute atomic E-state index is 13.5. The van der Waals surface area contributed by atoms with Crippen LogP contribution in [0, 0.1) is 17.6 Å². The number of anilines is 2. The molecule has 1 aromatic rings. The summed E-state index contributed by atoms with van der Waals surface area (Å²) in [6, 6.07) is 1.10. The van der Waals surface area contributed by atoms with Gasteiger partial charge in [0.05, 0.1) is 0 Å². The zero-order chi connectivity index (χ0) is 12.4. The number of nitrogens with zero attached hydrogens (tertiary/aromatic N) is 1. The highest BCUT2D eigenvalue weighted by atomic mass is 19.1. The number of rotatable bonds is 3. The van der Waals surface area contributed by atoms with Crippen molar-refractivity contribution in [1.82, 2.24) is 4.98 Å². The summed E-state index contributed by atoms with van der Waals surface area (Å²) < 4.78 is 26.7. The molecule has 1 heterocycles. The first-order valence-corrected chi connectivity index (χ1v) is 5.90. The van der Waals surface area contributed by atoms with E-state index in [0.717, 1.165) is 25.3 Å². The molecule has 2 atom stereocenters. The van der Waals surface area contributed by atoms with E-state index in [2.05, 4.69) is 22.5 Å². The summed E-state index contributed by atoms with van der Waals surface area (Å²) in [4.78, 5) is 3.91. The van der Waals surface area contributed by atoms with Gasteiger partial charge in [-0.25, -0.2) is 13.8 Å². The molecule has 0 aliphatic heterocycles. The Bertz CT molecular complexity index is 409. The Labute approximate surface area is 99.6 Å². The van der Waals surface area contributed by atoms with E-state index in [1.807, 2.05) is 0 Å². The minimum Gasteiger partial charge on any atom is -0.371 e. The van der Waals surface area contributed by atoms with Crippen LogP contribution in [-0.2, 0) is 0 Å². The van der Waals surface area contributed by atoms with Crippen LogP contribution in [0.1, 0.15) is 26.2 Å². The molecule has 17 heavy (non-hydrogen) atoms. The number of pyridine rings is 1. The van der Waals surface area contributed by atoms with Gasteiger partial charge in [0.2, 0.25) is 0 Å². The second kappa shape index (κ2) is 4.85. The van der Waals surface area contributed by atoms with Gasteiger partial charge in [-0.3, -0.25) is 0 Å². The van der Waals surface area contributed by atoms with Gasteiger partial charge in [0.1, 0.15) is 0 Å². The molecule has 1 fully saturated rings. The van der Waals surface area contributed by atoms with Crippen molar-refractivity contribution in [1.29, 1.82) is 0 Å². The van der Waals surface area contributed by atoms with Gasteiger partial charge in [-0.1, -0.05) is 6.92 Å². The minimum absolute atomic E-state index is 0.0694. The summed E-state index contributed by atoms with van der Waals surface area (Å²) in [5.41, 5.74) is 0. The molecule has 5 heteroatoms. The highest BCUT2D eigenvalue weighted by Crippen LogP contribution is 2.28. The van der Waals surface area contributed by atoms with E-state index in [1.165, 1.54) is 0 Å². The molecule has 0 radical (unpaired) electrons. The van der Waals surface area contributed by atoms with Crippen molar-refractivity contribution in [2.75, 3.05) is 17.7 Å². The molecule has 1 aromatic heterocycles. The molecular weight excluding hydrogens is 224 g/mol. The molecule has 3 nitrogen and oxygen atoms in total. The van der Waals surface area contributed by atoms with E-state index in [9.17, 15) is 8.78 Å². The summed E-state index contributed by atoms with van der Waals surface area (Å²) in [7, 11) is 1.56. The van der Waals surface area contributed by atoms with Gasteiger partial charge >= 0.3 is 0 Å². The molecule has 94 valence electrons. The van der Waals surface area contributed by atoms with Gasteiger partial charge in [-0.15, -0.1) is 0 Å². The molecule has 2 N–H and O–H groups in total. The van der Waals surface area contributed by atoms with Crippen LogP contribution >= 0.6 is 0 Å². The van der Waals surface area contributed by atoms with E-state index >= 15 is 0 Å². The average molecular weight is 241 g/mol. The van der Waals surface area contributed by atoms with Crippen LogP contribution in [-0.4, -0.2) is 18.1 Å². The first-order valence-electron chi connectivity index (χ1n) is 5.90. The molecule has 0 amide bonds. The Balaban J connectivity index is 2.15. The van der Waals surface area contributed by atoms with Crippen molar-refractivity contribution in [3.63, 3.8) is 0 Å². The highest BCUT2D eigenvalue weighted by molar-refractivity contribution is 5.47. The lowest BCUT2D eigenvalue weighted by Gasteiger charge is -2.14. The fraction of sp³-hybridized carbons (Fsp3) is 0.583. The number of hydrogen-bond acceptors (Lipinski definition) is 3. The summed E-state index contributed by atoms with van der Waals surface area (Å²) in [5.74, 6) is -0.453. The Hall–Kier alpha value is -1.39. The minimum atomic E-state index is -0.671. The summed E-state index contributed by atoms with van der Waals surface area (Å²) in [6.45, 7) is 2.18. The average Bonchev–Trinajstić information content (AvgIpc) is 2.68. The predicted molar refractivity (Wildman–Crippen MR) is 64.1 cm³/mol. The first kappa shape index (κ1) is 12.1. The van der Waals surface area contributed by atoms with Crippen LogP contribution in [0.15, 0.2) is 6.07 Å². The van der Waals surface area contributed by atoms with Crippen molar-refractivity contribution < 1.29 is 8.78 Å². The Morgan fingerprint density at radius 2 is 1.94 bits per heavy atom. The lowest BCUT2D eigenvalue weighted by atomic mass is 10.1. The zero-order valence-corrected chi connectivity index (χ0v) is 10.1. The van der Waals surface area contributed by atoms with Crippen LogP contribution < -0.4 is 10.6 Å². The zero-order valence-electron chi connectivity index (χ0n) is 10.1. The van der Waals surface area contributed by atoms with Gasteiger partial charge in [-0.2, -0.15) is 0 Å². The topological polar surface area (TPSA) is 37.0 Å². The van der Waals surface area contributed by atoms with Crippen LogP contribution in [0.2, 0.25) is 0 Å². The van der Waals surface area contributed by atoms with Gasteiger partial charge in [-0.05, 0) is 25.2 Å².